The maximum atomic E-state index is 13.1. The number of carbonyl (C=O) groups is 1. The monoisotopic (exact) mass is 410 g/mol. The Kier molecular flexibility index (Phi) is 4.58. The van der Waals surface area contributed by atoms with Gasteiger partial charge in [0.25, 0.3) is 10.0 Å². The predicted molar refractivity (Wildman–Crippen MR) is 110 cm³/mol. The van der Waals surface area contributed by atoms with Crippen molar-refractivity contribution in [3.63, 3.8) is 0 Å². The zero-order chi connectivity index (χ0) is 20.8. The first kappa shape index (κ1) is 19.4. The van der Waals surface area contributed by atoms with Gasteiger partial charge >= 0.3 is 0 Å². The van der Waals surface area contributed by atoms with Gasteiger partial charge in [0.15, 0.2) is 0 Å². The SMILES string of the molecule is COc1cccc2c1[C@H](C(=O)NS(=O)(=O)c1cccc3ncccc13)CC2(C)C. The molecule has 0 fully saturated rings. The Morgan fingerprint density at radius 1 is 1.14 bits per heavy atom. The lowest BCUT2D eigenvalue weighted by molar-refractivity contribution is -0.121. The van der Waals surface area contributed by atoms with Gasteiger partial charge in [0.1, 0.15) is 5.75 Å². The number of benzene rings is 2. The molecule has 2 aromatic carbocycles. The van der Waals surface area contributed by atoms with Crippen LogP contribution in [0.3, 0.4) is 0 Å². The molecule has 1 heterocycles. The maximum Gasteiger partial charge on any atom is 0.264 e. The first-order chi connectivity index (χ1) is 13.7. The van der Waals surface area contributed by atoms with E-state index >= 15 is 0 Å². The highest BCUT2D eigenvalue weighted by Crippen LogP contribution is 2.49. The van der Waals surface area contributed by atoms with Crippen LogP contribution in [0.4, 0.5) is 0 Å². The van der Waals surface area contributed by atoms with E-state index in [2.05, 4.69) is 9.71 Å². The number of aromatic nitrogens is 1. The van der Waals surface area contributed by atoms with Crippen LogP contribution in [0.1, 0.15) is 37.3 Å². The Labute approximate surface area is 170 Å². The number of ether oxygens (including phenoxy) is 1. The third-order valence-corrected chi connectivity index (χ3v) is 6.93. The number of pyridine rings is 1. The van der Waals surface area contributed by atoms with Crippen LogP contribution in [-0.4, -0.2) is 26.4 Å². The van der Waals surface area contributed by atoms with E-state index in [0.717, 1.165) is 11.1 Å². The lowest BCUT2D eigenvalue weighted by Crippen LogP contribution is -2.34. The van der Waals surface area contributed by atoms with Gasteiger partial charge in [-0.1, -0.05) is 32.0 Å². The van der Waals surface area contributed by atoms with Crippen LogP contribution in [0.5, 0.6) is 5.75 Å². The van der Waals surface area contributed by atoms with E-state index < -0.39 is 21.8 Å². The Balaban J connectivity index is 1.72. The summed E-state index contributed by atoms with van der Waals surface area (Å²) in [5.74, 6) is -0.568. The first-order valence-electron chi connectivity index (χ1n) is 9.32. The number of rotatable bonds is 4. The average molecular weight is 410 g/mol. The number of carbonyl (C=O) groups excluding carboxylic acids is 1. The molecular weight excluding hydrogens is 388 g/mol. The predicted octanol–water partition coefficient (Wildman–Crippen LogP) is 3.51. The summed E-state index contributed by atoms with van der Waals surface area (Å²) in [5, 5.41) is 0.472. The van der Waals surface area contributed by atoms with Crippen LogP contribution in [-0.2, 0) is 20.2 Å². The van der Waals surface area contributed by atoms with E-state index in [1.807, 2.05) is 26.0 Å². The summed E-state index contributed by atoms with van der Waals surface area (Å²) in [4.78, 5) is 17.4. The van der Waals surface area contributed by atoms with Crippen molar-refractivity contribution in [1.29, 1.82) is 0 Å². The van der Waals surface area contributed by atoms with Crippen LogP contribution >= 0.6 is 0 Å². The van der Waals surface area contributed by atoms with Crippen molar-refractivity contribution >= 4 is 26.8 Å². The fourth-order valence-corrected chi connectivity index (χ4v) is 5.42. The molecule has 1 aromatic heterocycles. The average Bonchev–Trinajstić information content (AvgIpc) is 2.98. The summed E-state index contributed by atoms with van der Waals surface area (Å²) in [6.45, 7) is 4.09. The summed E-state index contributed by atoms with van der Waals surface area (Å²) in [7, 11) is -2.51. The highest BCUT2D eigenvalue weighted by Gasteiger charge is 2.43. The van der Waals surface area contributed by atoms with Gasteiger partial charge in [-0.05, 0) is 47.7 Å². The fraction of sp³-hybridized carbons (Fsp3) is 0.273. The number of hydrogen-bond acceptors (Lipinski definition) is 5. The summed E-state index contributed by atoms with van der Waals surface area (Å²) in [5.41, 5.74) is 2.05. The van der Waals surface area contributed by atoms with E-state index in [0.29, 0.717) is 23.1 Å². The van der Waals surface area contributed by atoms with Crippen molar-refractivity contribution in [2.45, 2.75) is 36.5 Å². The van der Waals surface area contributed by atoms with Gasteiger partial charge in [-0.25, -0.2) is 13.1 Å². The summed E-state index contributed by atoms with van der Waals surface area (Å²) >= 11 is 0. The second kappa shape index (κ2) is 6.84. The minimum atomic E-state index is -4.06. The molecule has 0 spiro atoms. The molecule has 3 aromatic rings. The molecule has 150 valence electrons. The summed E-state index contributed by atoms with van der Waals surface area (Å²) in [6.07, 6.45) is 2.10. The van der Waals surface area contributed by atoms with E-state index in [9.17, 15) is 13.2 Å². The zero-order valence-corrected chi connectivity index (χ0v) is 17.3. The standard InChI is InChI=1S/C22H22N2O4S/c1-22(2)13-15(20-16(22)8-4-10-18(20)28-3)21(25)24-29(26,27)19-11-5-9-17-14(19)7-6-12-23-17/h4-12,15H,13H2,1-3H3,(H,24,25)/t15-/m1/s1. The van der Waals surface area contributed by atoms with Gasteiger partial charge in [0.2, 0.25) is 5.91 Å². The third-order valence-electron chi connectivity index (χ3n) is 5.52. The fourth-order valence-electron chi connectivity index (χ4n) is 4.19. The largest absolute Gasteiger partial charge is 0.496 e. The van der Waals surface area contributed by atoms with Crippen molar-refractivity contribution in [2.24, 2.45) is 0 Å². The van der Waals surface area contributed by atoms with Crippen LogP contribution in [0.2, 0.25) is 0 Å². The Morgan fingerprint density at radius 3 is 2.66 bits per heavy atom. The molecule has 6 nitrogen and oxygen atoms in total. The quantitative estimate of drug-likeness (QED) is 0.711. The molecule has 0 radical (unpaired) electrons. The number of methoxy groups -OCH3 is 1. The minimum Gasteiger partial charge on any atom is -0.496 e. The van der Waals surface area contributed by atoms with E-state index in [-0.39, 0.29) is 10.3 Å². The molecule has 1 aliphatic rings. The number of nitrogens with one attached hydrogen (secondary N) is 1. The molecule has 29 heavy (non-hydrogen) atoms. The van der Waals surface area contributed by atoms with Gasteiger partial charge in [0, 0.05) is 17.1 Å². The highest BCUT2D eigenvalue weighted by molar-refractivity contribution is 7.90. The van der Waals surface area contributed by atoms with Crippen molar-refractivity contribution in [1.82, 2.24) is 9.71 Å². The molecule has 1 N–H and O–H groups in total. The molecule has 0 saturated carbocycles. The number of nitrogens with zero attached hydrogens (tertiary/aromatic N) is 1. The first-order valence-corrected chi connectivity index (χ1v) is 10.8. The molecule has 4 rings (SSSR count). The minimum absolute atomic E-state index is 0.0361. The molecule has 1 atom stereocenters. The van der Waals surface area contributed by atoms with E-state index in [1.165, 1.54) is 6.07 Å². The number of sulfonamides is 1. The van der Waals surface area contributed by atoms with E-state index in [1.54, 1.807) is 43.6 Å². The summed E-state index contributed by atoms with van der Waals surface area (Å²) in [6, 6.07) is 13.8. The maximum absolute atomic E-state index is 13.1. The number of fused-ring (bicyclic) bond motifs is 2. The van der Waals surface area contributed by atoms with Gasteiger partial charge in [-0.15, -0.1) is 0 Å². The second-order valence-electron chi connectivity index (χ2n) is 7.86. The molecule has 0 unspecified atom stereocenters. The molecule has 0 bridgehead atoms. The highest BCUT2D eigenvalue weighted by atomic mass is 32.2. The van der Waals surface area contributed by atoms with Gasteiger partial charge in [-0.2, -0.15) is 0 Å². The zero-order valence-electron chi connectivity index (χ0n) is 16.5. The Morgan fingerprint density at radius 2 is 1.90 bits per heavy atom. The van der Waals surface area contributed by atoms with Crippen LogP contribution in [0.15, 0.2) is 59.6 Å². The molecule has 0 aliphatic heterocycles. The van der Waals surface area contributed by atoms with Gasteiger partial charge < -0.3 is 4.74 Å². The molecule has 7 heteroatoms. The third kappa shape index (κ3) is 3.25. The number of hydrogen-bond donors (Lipinski definition) is 1. The topological polar surface area (TPSA) is 85.4 Å². The van der Waals surface area contributed by atoms with Crippen molar-refractivity contribution in [2.75, 3.05) is 7.11 Å². The molecule has 0 saturated heterocycles. The molecule has 1 aliphatic carbocycles. The van der Waals surface area contributed by atoms with Crippen molar-refractivity contribution < 1.29 is 17.9 Å². The van der Waals surface area contributed by atoms with Gasteiger partial charge in [-0.3, -0.25) is 9.78 Å². The number of amides is 1. The van der Waals surface area contributed by atoms with Gasteiger partial charge in [0.05, 0.1) is 23.4 Å². The van der Waals surface area contributed by atoms with Crippen molar-refractivity contribution in [3.05, 3.63) is 65.9 Å². The lowest BCUT2D eigenvalue weighted by Gasteiger charge is -2.19. The smallest absolute Gasteiger partial charge is 0.264 e. The lowest BCUT2D eigenvalue weighted by atomic mass is 9.86. The normalized spacial score (nSPS) is 17.7. The molecule has 1 amide bonds. The Hall–Kier alpha value is -2.93. The van der Waals surface area contributed by atoms with E-state index in [4.69, 9.17) is 4.74 Å². The Bertz CT molecular complexity index is 1210. The second-order valence-corrected chi connectivity index (χ2v) is 9.51. The van der Waals surface area contributed by atoms with Crippen LogP contribution in [0.25, 0.3) is 10.9 Å². The summed E-state index contributed by atoms with van der Waals surface area (Å²) < 4.78 is 33.9. The molecular formula is C22H22N2O4S. The van der Waals surface area contributed by atoms with Crippen LogP contribution in [0, 0.1) is 0 Å². The van der Waals surface area contributed by atoms with Crippen LogP contribution < -0.4 is 9.46 Å². The van der Waals surface area contributed by atoms with Crippen molar-refractivity contribution in [3.8, 4) is 5.75 Å².